The normalized spacial score (nSPS) is 48.4. The Labute approximate surface area is 178 Å². The molecule has 0 amide bonds. The van der Waals surface area contributed by atoms with Gasteiger partial charge in [0.25, 0.3) is 0 Å². The molecule has 30 heavy (non-hydrogen) atoms. The van der Waals surface area contributed by atoms with Crippen LogP contribution in [0.3, 0.4) is 0 Å². The van der Waals surface area contributed by atoms with Crippen molar-refractivity contribution in [1.82, 2.24) is 9.80 Å². The smallest absolute Gasteiger partial charge is 0.107 e. The molecule has 2 saturated carbocycles. The molecule has 0 bridgehead atoms. The molecule has 2 spiro atoms. The van der Waals surface area contributed by atoms with Crippen molar-refractivity contribution in [3.8, 4) is 12.3 Å². The van der Waals surface area contributed by atoms with Gasteiger partial charge in [0.05, 0.1) is 18.2 Å². The highest BCUT2D eigenvalue weighted by atomic mass is 16.5. The van der Waals surface area contributed by atoms with E-state index >= 15 is 0 Å². The van der Waals surface area contributed by atoms with E-state index in [4.69, 9.17) is 11.2 Å². The highest BCUT2D eigenvalue weighted by Gasteiger charge is 3.01. The molecule has 2 aromatic carbocycles. The first kappa shape index (κ1) is 16.6. The molecule has 2 aliphatic carbocycles. The summed E-state index contributed by atoms with van der Waals surface area (Å²) in [5, 5.41) is 0. The number of ether oxygens (including phenoxy) is 1. The Bertz CT molecular complexity index is 1090. The Balaban J connectivity index is 1.21. The molecule has 4 aliphatic heterocycles. The summed E-state index contributed by atoms with van der Waals surface area (Å²) in [5.74, 6) is 3.49. The largest absolute Gasteiger partial charge is 0.368 e. The molecule has 0 aromatic heterocycles. The van der Waals surface area contributed by atoms with Crippen LogP contribution in [0.1, 0.15) is 36.1 Å². The molecule has 6 aliphatic rings. The Morgan fingerprint density at radius 3 is 2.40 bits per heavy atom. The van der Waals surface area contributed by atoms with E-state index in [0.717, 1.165) is 18.6 Å². The zero-order chi connectivity index (χ0) is 19.7. The molecule has 8 unspecified atom stereocenters. The molecule has 0 radical (unpaired) electrons. The Hall–Kier alpha value is -2.12. The van der Waals surface area contributed by atoms with Gasteiger partial charge in [-0.1, -0.05) is 66.6 Å². The van der Waals surface area contributed by atoms with Gasteiger partial charge in [-0.3, -0.25) is 9.80 Å². The molecule has 8 rings (SSSR count). The average molecular weight is 395 g/mol. The van der Waals surface area contributed by atoms with Crippen molar-refractivity contribution in [3.05, 3.63) is 71.8 Å². The second-order valence-corrected chi connectivity index (χ2v) is 10.6. The molecule has 2 aromatic rings. The maximum atomic E-state index is 6.01. The van der Waals surface area contributed by atoms with Gasteiger partial charge in [0.1, 0.15) is 6.61 Å². The van der Waals surface area contributed by atoms with Crippen molar-refractivity contribution in [2.75, 3.05) is 19.8 Å². The summed E-state index contributed by atoms with van der Waals surface area (Å²) in [5.41, 5.74) is 4.23. The van der Waals surface area contributed by atoms with Gasteiger partial charge in [-0.05, 0) is 29.9 Å². The van der Waals surface area contributed by atoms with E-state index in [1.807, 2.05) is 0 Å². The van der Waals surface area contributed by atoms with Gasteiger partial charge in [-0.2, -0.15) is 0 Å². The maximum Gasteiger partial charge on any atom is 0.107 e. The second kappa shape index (κ2) is 5.02. The quantitative estimate of drug-likeness (QED) is 0.569. The fraction of sp³-hybridized carbons (Fsp3) is 0.481. The number of terminal acetylenes is 1. The van der Waals surface area contributed by atoms with E-state index in [0.29, 0.717) is 41.1 Å². The van der Waals surface area contributed by atoms with Crippen LogP contribution in [0.25, 0.3) is 0 Å². The van der Waals surface area contributed by atoms with Gasteiger partial charge < -0.3 is 4.74 Å². The van der Waals surface area contributed by atoms with Gasteiger partial charge >= 0.3 is 0 Å². The zero-order valence-corrected chi connectivity index (χ0v) is 17.1. The molecule has 3 nitrogen and oxygen atoms in total. The van der Waals surface area contributed by atoms with Gasteiger partial charge in [0.2, 0.25) is 0 Å². The highest BCUT2D eigenvalue weighted by molar-refractivity contribution is 5.57. The lowest BCUT2D eigenvalue weighted by Crippen LogP contribution is -3.05. The van der Waals surface area contributed by atoms with Crippen molar-refractivity contribution in [2.45, 2.75) is 42.5 Å². The Kier molecular flexibility index (Phi) is 2.77. The zero-order valence-electron chi connectivity index (χ0n) is 17.1. The van der Waals surface area contributed by atoms with Crippen LogP contribution < -0.4 is 0 Å². The Morgan fingerprint density at radius 1 is 1.00 bits per heavy atom. The molecule has 4 heterocycles. The molecule has 3 heteroatoms. The lowest BCUT2D eigenvalue weighted by molar-refractivity contribution is -0.455. The summed E-state index contributed by atoms with van der Waals surface area (Å²) in [7, 11) is 0. The number of piperidine rings is 3. The van der Waals surface area contributed by atoms with Crippen LogP contribution in [0, 0.1) is 29.1 Å². The molecule has 6 fully saturated rings. The first-order chi connectivity index (χ1) is 14.8. The lowest BCUT2D eigenvalue weighted by Gasteiger charge is -2.95. The number of rotatable bonds is 5. The average Bonchev–Trinajstić information content (AvgIpc) is 3.44. The van der Waals surface area contributed by atoms with E-state index < -0.39 is 0 Å². The van der Waals surface area contributed by atoms with Crippen LogP contribution in [0.4, 0.5) is 0 Å². The van der Waals surface area contributed by atoms with Crippen molar-refractivity contribution < 1.29 is 4.74 Å². The molecular formula is C27H26N2O. The van der Waals surface area contributed by atoms with Crippen LogP contribution in [0.5, 0.6) is 0 Å². The van der Waals surface area contributed by atoms with Crippen LogP contribution in [0.15, 0.2) is 60.7 Å². The predicted octanol–water partition coefficient (Wildman–Crippen LogP) is 3.65. The fourth-order valence-corrected chi connectivity index (χ4v) is 9.27. The number of fused-ring (bicyclic) bond motifs is 1. The van der Waals surface area contributed by atoms with Gasteiger partial charge in [-0.25, -0.2) is 0 Å². The van der Waals surface area contributed by atoms with Crippen molar-refractivity contribution in [3.63, 3.8) is 0 Å². The van der Waals surface area contributed by atoms with Crippen molar-refractivity contribution >= 4 is 0 Å². The molecular weight excluding hydrogens is 368 g/mol. The summed E-state index contributed by atoms with van der Waals surface area (Å²) in [6, 6.07) is 25.0. The van der Waals surface area contributed by atoms with Crippen LogP contribution in [-0.2, 0) is 4.74 Å². The third-order valence-corrected chi connectivity index (χ3v) is 10.0. The summed E-state index contributed by atoms with van der Waals surface area (Å²) in [6.45, 7) is 2.47. The van der Waals surface area contributed by atoms with E-state index in [1.54, 1.807) is 0 Å². The Morgan fingerprint density at radius 2 is 1.70 bits per heavy atom. The number of piperazine rings is 1. The van der Waals surface area contributed by atoms with Crippen LogP contribution in [-0.4, -0.2) is 47.2 Å². The van der Waals surface area contributed by atoms with E-state index in [-0.39, 0.29) is 0 Å². The third-order valence-electron chi connectivity index (χ3n) is 10.0. The van der Waals surface area contributed by atoms with Gasteiger partial charge in [0, 0.05) is 35.5 Å². The first-order valence-corrected chi connectivity index (χ1v) is 11.4. The maximum absolute atomic E-state index is 6.01. The van der Waals surface area contributed by atoms with E-state index in [1.165, 1.54) is 30.5 Å². The molecule has 4 saturated heterocycles. The summed E-state index contributed by atoms with van der Waals surface area (Å²) in [4.78, 5) is 5.83. The minimum atomic E-state index is 0.315. The van der Waals surface area contributed by atoms with Gasteiger partial charge in [-0.15, -0.1) is 6.42 Å². The minimum Gasteiger partial charge on any atom is -0.368 e. The van der Waals surface area contributed by atoms with Crippen molar-refractivity contribution in [2.24, 2.45) is 16.7 Å². The van der Waals surface area contributed by atoms with Crippen LogP contribution >= 0.6 is 0 Å². The molecule has 0 N–H and O–H groups in total. The molecule has 8 atom stereocenters. The fourth-order valence-electron chi connectivity index (χ4n) is 9.27. The summed E-state index contributed by atoms with van der Waals surface area (Å²) >= 11 is 0. The number of benzene rings is 2. The second-order valence-electron chi connectivity index (χ2n) is 10.6. The highest BCUT2D eigenvalue weighted by Crippen LogP contribution is 2.95. The first-order valence-electron chi connectivity index (χ1n) is 11.4. The van der Waals surface area contributed by atoms with E-state index in [9.17, 15) is 0 Å². The van der Waals surface area contributed by atoms with Gasteiger partial charge in [0.15, 0.2) is 0 Å². The lowest BCUT2D eigenvalue weighted by atomic mass is 9.31. The summed E-state index contributed by atoms with van der Waals surface area (Å²) < 4.78 is 6.01. The number of hydrogen-bond acceptors (Lipinski definition) is 3. The molecule has 150 valence electrons. The van der Waals surface area contributed by atoms with Crippen molar-refractivity contribution in [1.29, 1.82) is 0 Å². The predicted molar refractivity (Wildman–Crippen MR) is 114 cm³/mol. The number of nitrogens with zero attached hydrogens (tertiary/aromatic N) is 2. The third kappa shape index (κ3) is 1.43. The number of hydrogen-bond donors (Lipinski definition) is 0. The summed E-state index contributed by atoms with van der Waals surface area (Å²) in [6.07, 6.45) is 8.20. The standard InChI is InChI=1S/C27H26N2O/c1-2-13-30-17-25-15-26(25)14-20-21(18-9-5-3-6-10-18)29-23-22(19-11-7-4-8-12-19)28(16-25)24(23)27(20,26)29/h1,3-12,20-24H,13-17H2. The topological polar surface area (TPSA) is 15.7 Å². The minimum absolute atomic E-state index is 0.315. The van der Waals surface area contributed by atoms with Crippen LogP contribution in [0.2, 0.25) is 0 Å². The van der Waals surface area contributed by atoms with E-state index in [2.05, 4.69) is 76.4 Å². The monoisotopic (exact) mass is 394 g/mol. The SMILES string of the molecule is C#CCOCC12CN3C(c4ccccc4)C4C3C35C(CC13C2)C(c1ccccc1)N45.